The Labute approximate surface area is 163 Å². The molecule has 1 saturated heterocycles. The van der Waals surface area contributed by atoms with E-state index in [1.54, 1.807) is 6.33 Å². The Kier molecular flexibility index (Phi) is 4.05. The van der Waals surface area contributed by atoms with Gasteiger partial charge in [0.2, 0.25) is 5.91 Å². The Hall–Kier alpha value is -2.93. The van der Waals surface area contributed by atoms with E-state index in [0.29, 0.717) is 32.5 Å². The van der Waals surface area contributed by atoms with E-state index in [2.05, 4.69) is 38.1 Å². The van der Waals surface area contributed by atoms with Gasteiger partial charge in [0.15, 0.2) is 0 Å². The molecule has 2 aliphatic heterocycles. The Morgan fingerprint density at radius 3 is 2.68 bits per heavy atom. The first-order chi connectivity index (χ1) is 13.6. The number of H-pyrrole nitrogens is 1. The monoisotopic (exact) mass is 376 g/mol. The van der Waals surface area contributed by atoms with Crippen LogP contribution in [0.1, 0.15) is 24.0 Å². The molecule has 1 fully saturated rings. The Balaban J connectivity index is 1.30. The first-order valence-corrected chi connectivity index (χ1v) is 9.82. The number of carbonyl (C=O) groups is 1. The molecular weight excluding hydrogens is 352 g/mol. The van der Waals surface area contributed by atoms with E-state index < -0.39 is 5.54 Å². The number of hydrogen-bond donors (Lipinski definition) is 2. The molecule has 2 aromatic heterocycles. The van der Waals surface area contributed by atoms with Gasteiger partial charge in [0.1, 0.15) is 17.8 Å². The van der Waals surface area contributed by atoms with Gasteiger partial charge in [-0.05, 0) is 36.5 Å². The molecule has 28 heavy (non-hydrogen) atoms. The van der Waals surface area contributed by atoms with Crippen LogP contribution in [-0.2, 0) is 17.8 Å². The van der Waals surface area contributed by atoms with Crippen molar-refractivity contribution in [2.75, 3.05) is 24.5 Å². The predicted octanol–water partition coefficient (Wildman–Crippen LogP) is 1.84. The van der Waals surface area contributed by atoms with Gasteiger partial charge in [-0.15, -0.1) is 0 Å². The molecular formula is C21H24N6O. The van der Waals surface area contributed by atoms with Gasteiger partial charge >= 0.3 is 0 Å². The van der Waals surface area contributed by atoms with Crippen LogP contribution in [0.25, 0.3) is 11.0 Å². The first-order valence-electron chi connectivity index (χ1n) is 9.82. The Morgan fingerprint density at radius 2 is 1.86 bits per heavy atom. The maximum atomic E-state index is 13.3. The quantitative estimate of drug-likeness (QED) is 0.712. The minimum atomic E-state index is -0.799. The van der Waals surface area contributed by atoms with Gasteiger partial charge in [0.25, 0.3) is 0 Å². The van der Waals surface area contributed by atoms with Gasteiger partial charge in [-0.3, -0.25) is 4.79 Å². The minimum Gasteiger partial charge on any atom is -0.356 e. The van der Waals surface area contributed by atoms with E-state index in [-0.39, 0.29) is 5.91 Å². The average molecular weight is 376 g/mol. The minimum absolute atomic E-state index is 0.0798. The molecule has 0 bridgehead atoms. The number of benzene rings is 1. The van der Waals surface area contributed by atoms with Crippen LogP contribution in [-0.4, -0.2) is 50.9 Å². The summed E-state index contributed by atoms with van der Waals surface area (Å²) >= 11 is 0. The van der Waals surface area contributed by atoms with E-state index in [1.165, 1.54) is 11.1 Å². The average Bonchev–Trinajstić information content (AvgIpc) is 3.22. The van der Waals surface area contributed by atoms with Crippen molar-refractivity contribution < 1.29 is 4.79 Å². The molecule has 0 atom stereocenters. The fourth-order valence-corrected chi connectivity index (χ4v) is 4.43. The fourth-order valence-electron chi connectivity index (χ4n) is 4.43. The number of aromatic nitrogens is 3. The predicted molar refractivity (Wildman–Crippen MR) is 108 cm³/mol. The lowest BCUT2D eigenvalue weighted by Crippen LogP contribution is -2.61. The number of rotatable bonds is 2. The lowest BCUT2D eigenvalue weighted by atomic mass is 9.86. The molecule has 0 saturated carbocycles. The number of anilines is 1. The maximum Gasteiger partial charge on any atom is 0.243 e. The lowest BCUT2D eigenvalue weighted by molar-refractivity contribution is -0.138. The number of hydrogen-bond acceptors (Lipinski definition) is 5. The summed E-state index contributed by atoms with van der Waals surface area (Å²) in [5.74, 6) is 0.990. The van der Waals surface area contributed by atoms with Crippen LogP contribution < -0.4 is 10.6 Å². The van der Waals surface area contributed by atoms with Crippen LogP contribution in [0, 0.1) is 0 Å². The van der Waals surface area contributed by atoms with E-state index in [9.17, 15) is 4.79 Å². The summed E-state index contributed by atoms with van der Waals surface area (Å²) in [4.78, 5) is 29.2. The van der Waals surface area contributed by atoms with Gasteiger partial charge < -0.3 is 20.5 Å². The second-order valence-corrected chi connectivity index (χ2v) is 7.83. The topological polar surface area (TPSA) is 91.1 Å². The number of fused-ring (bicyclic) bond motifs is 2. The second kappa shape index (κ2) is 6.60. The SMILES string of the molecule is NC1(C(=O)N2CCc3ccccc3C2)CCN(c2ncnc3[nH]ccc23)CC1. The third-order valence-corrected chi connectivity index (χ3v) is 6.13. The van der Waals surface area contributed by atoms with Crippen LogP contribution in [0.5, 0.6) is 0 Å². The van der Waals surface area contributed by atoms with Crippen molar-refractivity contribution in [3.63, 3.8) is 0 Å². The summed E-state index contributed by atoms with van der Waals surface area (Å²) in [5, 5.41) is 1.01. The zero-order chi connectivity index (χ0) is 19.1. The molecule has 3 N–H and O–H groups in total. The fraction of sp³-hybridized carbons (Fsp3) is 0.381. The van der Waals surface area contributed by atoms with Gasteiger partial charge in [-0.2, -0.15) is 0 Å². The molecule has 0 unspecified atom stereocenters. The first kappa shape index (κ1) is 17.2. The van der Waals surface area contributed by atoms with Crippen LogP contribution in [0.15, 0.2) is 42.9 Å². The molecule has 5 rings (SSSR count). The number of aromatic amines is 1. The third-order valence-electron chi connectivity index (χ3n) is 6.13. The smallest absolute Gasteiger partial charge is 0.243 e. The summed E-state index contributed by atoms with van der Waals surface area (Å²) in [6.07, 6.45) is 5.60. The van der Waals surface area contributed by atoms with Crippen LogP contribution in [0.3, 0.4) is 0 Å². The third kappa shape index (κ3) is 2.82. The largest absolute Gasteiger partial charge is 0.356 e. The van der Waals surface area contributed by atoms with Gasteiger partial charge in [-0.25, -0.2) is 9.97 Å². The number of nitrogens with one attached hydrogen (secondary N) is 1. The molecule has 7 heteroatoms. The highest BCUT2D eigenvalue weighted by Gasteiger charge is 2.41. The van der Waals surface area contributed by atoms with Crippen molar-refractivity contribution in [3.05, 3.63) is 54.0 Å². The Morgan fingerprint density at radius 1 is 1.07 bits per heavy atom. The summed E-state index contributed by atoms with van der Waals surface area (Å²) in [5.41, 5.74) is 9.24. The highest BCUT2D eigenvalue weighted by atomic mass is 16.2. The molecule has 0 aliphatic carbocycles. The van der Waals surface area contributed by atoms with E-state index in [1.807, 2.05) is 23.2 Å². The van der Waals surface area contributed by atoms with E-state index in [0.717, 1.165) is 29.8 Å². The summed E-state index contributed by atoms with van der Waals surface area (Å²) in [7, 11) is 0. The normalized spacial score (nSPS) is 18.9. The summed E-state index contributed by atoms with van der Waals surface area (Å²) < 4.78 is 0. The maximum absolute atomic E-state index is 13.3. The number of piperidine rings is 1. The van der Waals surface area contributed by atoms with Crippen molar-refractivity contribution in [1.29, 1.82) is 0 Å². The molecule has 2 aliphatic rings. The zero-order valence-electron chi connectivity index (χ0n) is 15.8. The molecule has 3 aromatic rings. The van der Waals surface area contributed by atoms with Crippen LogP contribution >= 0.6 is 0 Å². The second-order valence-electron chi connectivity index (χ2n) is 7.83. The molecule has 0 radical (unpaired) electrons. The summed E-state index contributed by atoms with van der Waals surface area (Å²) in [6.45, 7) is 2.83. The Bertz CT molecular complexity index is 1020. The molecule has 0 spiro atoms. The van der Waals surface area contributed by atoms with E-state index >= 15 is 0 Å². The molecule has 7 nitrogen and oxygen atoms in total. The van der Waals surface area contributed by atoms with E-state index in [4.69, 9.17) is 5.73 Å². The number of nitrogens with two attached hydrogens (primary N) is 1. The zero-order valence-corrected chi connectivity index (χ0v) is 15.8. The van der Waals surface area contributed by atoms with Crippen molar-refractivity contribution in [3.8, 4) is 0 Å². The van der Waals surface area contributed by atoms with Gasteiger partial charge in [0.05, 0.1) is 10.9 Å². The number of amides is 1. The standard InChI is InChI=1S/C21H24N6O/c22-21(20(28)27-10-6-15-3-1-2-4-16(15)13-27)7-11-26(12-8-21)19-17-5-9-23-18(17)24-14-25-19/h1-5,9,14H,6-8,10-13,22H2,(H,23,24,25). The van der Waals surface area contributed by atoms with Crippen LogP contribution in [0.4, 0.5) is 5.82 Å². The highest BCUT2D eigenvalue weighted by Crippen LogP contribution is 2.30. The highest BCUT2D eigenvalue weighted by molar-refractivity contribution is 5.89. The van der Waals surface area contributed by atoms with Crippen molar-refractivity contribution in [1.82, 2.24) is 19.9 Å². The molecule has 144 valence electrons. The van der Waals surface area contributed by atoms with Gasteiger partial charge in [0, 0.05) is 32.4 Å². The molecule has 1 amide bonds. The van der Waals surface area contributed by atoms with Crippen molar-refractivity contribution in [2.24, 2.45) is 5.73 Å². The van der Waals surface area contributed by atoms with Crippen molar-refractivity contribution in [2.45, 2.75) is 31.3 Å². The lowest BCUT2D eigenvalue weighted by Gasteiger charge is -2.42. The molecule has 1 aromatic carbocycles. The molecule has 4 heterocycles. The van der Waals surface area contributed by atoms with Crippen molar-refractivity contribution >= 4 is 22.8 Å². The van der Waals surface area contributed by atoms with Crippen LogP contribution in [0.2, 0.25) is 0 Å². The number of nitrogens with zero attached hydrogens (tertiary/aromatic N) is 4. The van der Waals surface area contributed by atoms with Gasteiger partial charge in [-0.1, -0.05) is 24.3 Å². The number of carbonyl (C=O) groups excluding carboxylic acids is 1. The summed E-state index contributed by atoms with van der Waals surface area (Å²) in [6, 6.07) is 10.3.